The van der Waals surface area contributed by atoms with Crippen molar-refractivity contribution in [3.8, 4) is 11.3 Å². The van der Waals surface area contributed by atoms with Crippen molar-refractivity contribution >= 4 is 16.9 Å². The molecule has 6 rings (SSSR count). The minimum absolute atomic E-state index is 0.0949. The van der Waals surface area contributed by atoms with Gasteiger partial charge in [-0.1, -0.05) is 0 Å². The molecular formula is C19H22N6O. The molecule has 0 spiro atoms. The summed E-state index contributed by atoms with van der Waals surface area (Å²) in [6, 6.07) is 7.08. The highest BCUT2D eigenvalue weighted by Crippen LogP contribution is 2.34. The van der Waals surface area contributed by atoms with E-state index in [1.54, 1.807) is 6.20 Å². The second kappa shape index (κ2) is 5.67. The zero-order valence-corrected chi connectivity index (χ0v) is 14.9. The first-order valence-electron chi connectivity index (χ1n) is 9.16. The van der Waals surface area contributed by atoms with E-state index < -0.39 is 0 Å². The Morgan fingerprint density at radius 1 is 1.27 bits per heavy atom. The Labute approximate surface area is 151 Å². The van der Waals surface area contributed by atoms with Crippen molar-refractivity contribution in [3.63, 3.8) is 0 Å². The third kappa shape index (κ3) is 2.34. The molecule has 3 aliphatic rings. The van der Waals surface area contributed by atoms with E-state index in [0.29, 0.717) is 23.8 Å². The van der Waals surface area contributed by atoms with Crippen LogP contribution in [0.5, 0.6) is 0 Å². The fraction of sp³-hybridized carbons (Fsp3) is 0.421. The van der Waals surface area contributed by atoms with Crippen molar-refractivity contribution in [2.75, 3.05) is 13.1 Å². The quantitative estimate of drug-likeness (QED) is 0.759. The number of aromatic amines is 2. The lowest BCUT2D eigenvalue weighted by Gasteiger charge is -2.57. The summed E-state index contributed by atoms with van der Waals surface area (Å²) >= 11 is 0. The van der Waals surface area contributed by atoms with Crippen molar-refractivity contribution in [3.05, 3.63) is 36.3 Å². The molecule has 3 aromatic heterocycles. The number of rotatable bonds is 3. The summed E-state index contributed by atoms with van der Waals surface area (Å²) in [6.07, 6.45) is 4.67. The van der Waals surface area contributed by atoms with Crippen molar-refractivity contribution in [1.82, 2.24) is 30.0 Å². The summed E-state index contributed by atoms with van der Waals surface area (Å²) < 4.78 is 0. The van der Waals surface area contributed by atoms with E-state index in [1.165, 1.54) is 0 Å². The number of hydrogen-bond donors (Lipinski definition) is 2. The van der Waals surface area contributed by atoms with Gasteiger partial charge in [0.25, 0.3) is 5.91 Å². The van der Waals surface area contributed by atoms with Crippen LogP contribution in [0, 0.1) is 0 Å². The summed E-state index contributed by atoms with van der Waals surface area (Å²) in [5, 5.41) is 7.72. The highest BCUT2D eigenvalue weighted by atomic mass is 16.2. The van der Waals surface area contributed by atoms with Crippen molar-refractivity contribution in [2.24, 2.45) is 0 Å². The Morgan fingerprint density at radius 3 is 2.77 bits per heavy atom. The molecule has 2 atom stereocenters. The maximum absolute atomic E-state index is 13.0. The van der Waals surface area contributed by atoms with Gasteiger partial charge in [-0.05, 0) is 38.5 Å². The van der Waals surface area contributed by atoms with E-state index in [-0.39, 0.29) is 5.91 Å². The van der Waals surface area contributed by atoms with Crippen molar-refractivity contribution in [1.29, 1.82) is 0 Å². The molecule has 7 nitrogen and oxygen atoms in total. The fourth-order valence-electron chi connectivity index (χ4n) is 4.21. The molecule has 3 aromatic rings. The maximum Gasteiger partial charge on any atom is 0.270 e. The molecule has 134 valence electrons. The Bertz CT molecular complexity index is 948. The van der Waals surface area contributed by atoms with Crippen LogP contribution >= 0.6 is 0 Å². The number of carbonyl (C=O) groups is 1. The van der Waals surface area contributed by atoms with Crippen LogP contribution in [0.4, 0.5) is 0 Å². The van der Waals surface area contributed by atoms with Crippen LogP contribution in [-0.2, 0) is 0 Å². The third-order valence-electron chi connectivity index (χ3n) is 5.69. The highest BCUT2D eigenvalue weighted by molar-refractivity contribution is 5.98. The molecule has 0 saturated carbocycles. The Balaban J connectivity index is 1.40. The largest absolute Gasteiger partial charge is 0.335 e. The van der Waals surface area contributed by atoms with Gasteiger partial charge in [0.05, 0.1) is 11.9 Å². The molecule has 7 heteroatoms. The molecule has 26 heavy (non-hydrogen) atoms. The minimum Gasteiger partial charge on any atom is -0.335 e. The summed E-state index contributed by atoms with van der Waals surface area (Å²) in [4.78, 5) is 25.4. The average molecular weight is 350 g/mol. The molecule has 2 unspecified atom stereocenters. The number of nitrogens with zero attached hydrogens (tertiary/aromatic N) is 4. The monoisotopic (exact) mass is 350 g/mol. The lowest BCUT2D eigenvalue weighted by atomic mass is 9.86. The van der Waals surface area contributed by atoms with Crippen LogP contribution in [0.15, 0.2) is 30.6 Å². The Morgan fingerprint density at radius 2 is 2.08 bits per heavy atom. The van der Waals surface area contributed by atoms with Crippen LogP contribution in [-0.4, -0.2) is 67.1 Å². The summed E-state index contributed by atoms with van der Waals surface area (Å²) in [7, 11) is 0. The fourth-order valence-corrected chi connectivity index (χ4v) is 4.21. The van der Waals surface area contributed by atoms with Gasteiger partial charge in [-0.2, -0.15) is 5.10 Å². The van der Waals surface area contributed by atoms with Crippen molar-refractivity contribution in [2.45, 2.75) is 38.4 Å². The number of pyridine rings is 1. The number of H-pyrrole nitrogens is 2. The first-order valence-corrected chi connectivity index (χ1v) is 9.16. The number of piperazine rings is 1. The van der Waals surface area contributed by atoms with E-state index in [2.05, 4.69) is 43.8 Å². The molecule has 3 saturated heterocycles. The molecule has 3 aliphatic heterocycles. The lowest BCUT2D eigenvalue weighted by Crippen LogP contribution is -2.70. The minimum atomic E-state index is 0.0949. The number of aromatic nitrogens is 4. The Kier molecular flexibility index (Phi) is 3.40. The Hall–Kier alpha value is -2.67. The smallest absolute Gasteiger partial charge is 0.270 e. The van der Waals surface area contributed by atoms with Gasteiger partial charge in [-0.25, -0.2) is 4.98 Å². The van der Waals surface area contributed by atoms with Crippen molar-refractivity contribution < 1.29 is 4.79 Å². The molecule has 6 heterocycles. The van der Waals surface area contributed by atoms with E-state index in [1.807, 2.05) is 24.4 Å². The molecular weight excluding hydrogens is 328 g/mol. The molecule has 2 N–H and O–H groups in total. The standard InChI is InChI=1S/C19H22N6O/c1-11(2)24-9-14-6-15(10-24)25(14)19(26)17-5-12-3-4-16(22-18(12)23-17)13-7-20-21-8-13/h3-5,7-8,11,14-15H,6,9-10H2,1-2H3,(H,20,21)(H,22,23). The van der Waals surface area contributed by atoms with E-state index in [9.17, 15) is 4.79 Å². The SMILES string of the molecule is CC(C)N1CC2CC(C1)N2C(=O)c1cc2ccc(-c3cn[nH]c3)nc2[nH]1. The van der Waals surface area contributed by atoms with Gasteiger partial charge in [-0.3, -0.25) is 14.8 Å². The summed E-state index contributed by atoms with van der Waals surface area (Å²) in [6.45, 7) is 6.39. The molecule has 1 amide bonds. The van der Waals surface area contributed by atoms with Gasteiger partial charge in [0.15, 0.2) is 0 Å². The zero-order chi connectivity index (χ0) is 17.8. The van der Waals surface area contributed by atoms with Gasteiger partial charge in [0.1, 0.15) is 11.3 Å². The second-order valence-electron chi connectivity index (χ2n) is 7.61. The first kappa shape index (κ1) is 15.6. The predicted octanol–water partition coefficient (Wildman–Crippen LogP) is 2.26. The van der Waals surface area contributed by atoms with Gasteiger partial charge < -0.3 is 9.88 Å². The van der Waals surface area contributed by atoms with Crippen LogP contribution in [0.1, 0.15) is 30.8 Å². The van der Waals surface area contributed by atoms with Crippen LogP contribution in [0.2, 0.25) is 0 Å². The number of hydrogen-bond acceptors (Lipinski definition) is 4. The van der Waals surface area contributed by atoms with E-state index in [4.69, 9.17) is 0 Å². The predicted molar refractivity (Wildman–Crippen MR) is 98.7 cm³/mol. The molecule has 3 fully saturated rings. The van der Waals surface area contributed by atoms with Gasteiger partial charge >= 0.3 is 0 Å². The number of carbonyl (C=O) groups excluding carboxylic acids is 1. The number of fused-ring (bicyclic) bond motifs is 3. The van der Waals surface area contributed by atoms with Gasteiger partial charge in [0.2, 0.25) is 0 Å². The first-order chi connectivity index (χ1) is 12.6. The molecule has 0 aliphatic carbocycles. The number of piperidine rings is 1. The maximum atomic E-state index is 13.0. The zero-order valence-electron chi connectivity index (χ0n) is 14.9. The molecule has 0 radical (unpaired) electrons. The number of amides is 1. The van der Waals surface area contributed by atoms with E-state index in [0.717, 1.165) is 41.8 Å². The average Bonchev–Trinajstić information content (AvgIpc) is 3.30. The summed E-state index contributed by atoms with van der Waals surface area (Å²) in [5.74, 6) is 0.0949. The second-order valence-corrected chi connectivity index (χ2v) is 7.61. The topological polar surface area (TPSA) is 80.9 Å². The molecule has 0 aromatic carbocycles. The normalized spacial score (nSPS) is 22.8. The van der Waals surface area contributed by atoms with Crippen LogP contribution < -0.4 is 0 Å². The number of nitrogens with one attached hydrogen (secondary N) is 2. The molecule has 2 bridgehead atoms. The lowest BCUT2D eigenvalue weighted by molar-refractivity contribution is -0.0565. The van der Waals surface area contributed by atoms with Gasteiger partial charge in [0, 0.05) is 48.4 Å². The highest BCUT2D eigenvalue weighted by Gasteiger charge is 2.47. The van der Waals surface area contributed by atoms with E-state index >= 15 is 0 Å². The van der Waals surface area contributed by atoms with Gasteiger partial charge in [-0.15, -0.1) is 0 Å². The van der Waals surface area contributed by atoms with Crippen LogP contribution in [0.3, 0.4) is 0 Å². The van der Waals surface area contributed by atoms with Crippen LogP contribution in [0.25, 0.3) is 22.3 Å². The summed E-state index contributed by atoms with van der Waals surface area (Å²) in [5.41, 5.74) is 3.13. The third-order valence-corrected chi connectivity index (χ3v) is 5.69.